The lowest BCUT2D eigenvalue weighted by molar-refractivity contribution is 0.101. The first kappa shape index (κ1) is 19.3. The quantitative estimate of drug-likeness (QED) is 0.803. The van der Waals surface area contributed by atoms with Gasteiger partial charge < -0.3 is 20.0 Å². The van der Waals surface area contributed by atoms with Crippen molar-refractivity contribution in [1.29, 1.82) is 0 Å². The van der Waals surface area contributed by atoms with Gasteiger partial charge in [-0.15, -0.1) is 0 Å². The molecule has 0 aromatic heterocycles. The number of benzene rings is 2. The van der Waals surface area contributed by atoms with Gasteiger partial charge in [0.25, 0.3) is 0 Å². The average molecular weight is 393 g/mol. The van der Waals surface area contributed by atoms with Crippen LogP contribution >= 0.6 is 0 Å². The molecule has 0 radical (unpaired) electrons. The molecular weight excluding hydrogens is 364 g/mol. The smallest absolute Gasteiger partial charge is 0.321 e. The van der Waals surface area contributed by atoms with Crippen LogP contribution in [-0.2, 0) is 0 Å². The summed E-state index contributed by atoms with van der Waals surface area (Å²) >= 11 is 0. The van der Waals surface area contributed by atoms with E-state index in [0.29, 0.717) is 24.3 Å². The fourth-order valence-corrected chi connectivity index (χ4v) is 4.01. The molecule has 6 heteroatoms. The molecule has 2 aromatic carbocycles. The van der Waals surface area contributed by atoms with Crippen molar-refractivity contribution in [3.8, 4) is 0 Å². The standard InChI is InChI=1S/C23H28N4O2/c1-18(28)19-4-6-20(7-5-19)24-23(29)27-16-14-26(15-17-27)22-10-8-21(9-11-22)25-12-2-3-13-25/h4-11H,2-3,12-17H2,1H3,(H,24,29). The van der Waals surface area contributed by atoms with Gasteiger partial charge in [0.05, 0.1) is 0 Å². The molecule has 152 valence electrons. The number of hydrogen-bond acceptors (Lipinski definition) is 4. The number of carbonyl (C=O) groups excluding carboxylic acids is 2. The normalized spacial score (nSPS) is 16.8. The number of hydrogen-bond donors (Lipinski definition) is 1. The van der Waals surface area contributed by atoms with E-state index in [2.05, 4.69) is 39.4 Å². The van der Waals surface area contributed by atoms with E-state index in [1.165, 1.54) is 31.1 Å². The molecular formula is C23H28N4O2. The summed E-state index contributed by atoms with van der Waals surface area (Å²) in [5.41, 5.74) is 3.88. The second-order valence-corrected chi connectivity index (χ2v) is 7.75. The Balaban J connectivity index is 1.29. The first-order chi connectivity index (χ1) is 14.1. The minimum Gasteiger partial charge on any atom is -0.372 e. The molecule has 4 rings (SSSR count). The zero-order chi connectivity index (χ0) is 20.2. The molecule has 29 heavy (non-hydrogen) atoms. The van der Waals surface area contributed by atoms with Gasteiger partial charge in [-0.05, 0) is 68.3 Å². The zero-order valence-corrected chi connectivity index (χ0v) is 16.9. The van der Waals surface area contributed by atoms with E-state index in [4.69, 9.17) is 0 Å². The molecule has 2 aromatic rings. The zero-order valence-electron chi connectivity index (χ0n) is 16.9. The number of carbonyl (C=O) groups is 2. The Morgan fingerprint density at radius 3 is 1.76 bits per heavy atom. The average Bonchev–Trinajstić information content (AvgIpc) is 3.29. The number of piperazine rings is 1. The lowest BCUT2D eigenvalue weighted by atomic mass is 10.1. The SMILES string of the molecule is CC(=O)c1ccc(NC(=O)N2CCN(c3ccc(N4CCCC4)cc3)CC2)cc1. The summed E-state index contributed by atoms with van der Waals surface area (Å²) in [7, 11) is 0. The molecule has 2 aliphatic heterocycles. The van der Waals surface area contributed by atoms with Crippen LogP contribution in [0.5, 0.6) is 0 Å². The van der Waals surface area contributed by atoms with Crippen molar-refractivity contribution in [2.75, 3.05) is 54.4 Å². The van der Waals surface area contributed by atoms with Crippen LogP contribution in [0.15, 0.2) is 48.5 Å². The molecule has 0 saturated carbocycles. The highest BCUT2D eigenvalue weighted by Gasteiger charge is 2.22. The third kappa shape index (κ3) is 4.53. The van der Waals surface area contributed by atoms with Crippen molar-refractivity contribution >= 4 is 28.9 Å². The molecule has 0 bridgehead atoms. The molecule has 2 heterocycles. The molecule has 2 amide bonds. The van der Waals surface area contributed by atoms with Gasteiger partial charge in [0.15, 0.2) is 5.78 Å². The number of rotatable bonds is 4. The number of Topliss-reactive ketones (excluding diaryl/α,β-unsaturated/α-hetero) is 1. The maximum absolute atomic E-state index is 12.5. The molecule has 1 N–H and O–H groups in total. The lowest BCUT2D eigenvalue weighted by Crippen LogP contribution is -2.50. The van der Waals surface area contributed by atoms with Crippen LogP contribution in [-0.4, -0.2) is 56.0 Å². The number of anilines is 3. The van der Waals surface area contributed by atoms with Gasteiger partial charge in [-0.2, -0.15) is 0 Å². The molecule has 2 saturated heterocycles. The van der Waals surface area contributed by atoms with Crippen LogP contribution in [0.2, 0.25) is 0 Å². The Kier molecular flexibility index (Phi) is 5.69. The molecule has 0 spiro atoms. The monoisotopic (exact) mass is 392 g/mol. The fourth-order valence-electron chi connectivity index (χ4n) is 4.01. The Bertz CT molecular complexity index is 849. The first-order valence-corrected chi connectivity index (χ1v) is 10.4. The van der Waals surface area contributed by atoms with Crippen molar-refractivity contribution < 1.29 is 9.59 Å². The Hall–Kier alpha value is -3.02. The van der Waals surface area contributed by atoms with Gasteiger partial charge in [-0.3, -0.25) is 4.79 Å². The fraction of sp³-hybridized carbons (Fsp3) is 0.391. The number of urea groups is 1. The third-order valence-corrected chi connectivity index (χ3v) is 5.80. The van der Waals surface area contributed by atoms with Gasteiger partial charge in [0.2, 0.25) is 0 Å². The number of amides is 2. The second-order valence-electron chi connectivity index (χ2n) is 7.75. The Labute approximate surface area is 172 Å². The van der Waals surface area contributed by atoms with Crippen LogP contribution in [0.3, 0.4) is 0 Å². The Morgan fingerprint density at radius 2 is 1.24 bits per heavy atom. The number of nitrogens with one attached hydrogen (secondary N) is 1. The predicted octanol–water partition coefficient (Wildman–Crippen LogP) is 3.84. The molecule has 0 aliphatic carbocycles. The molecule has 2 fully saturated rings. The third-order valence-electron chi connectivity index (χ3n) is 5.80. The lowest BCUT2D eigenvalue weighted by Gasteiger charge is -2.36. The first-order valence-electron chi connectivity index (χ1n) is 10.4. The van der Waals surface area contributed by atoms with Gasteiger partial charge in [-0.25, -0.2) is 4.79 Å². The molecule has 0 atom stereocenters. The van der Waals surface area contributed by atoms with Crippen LogP contribution < -0.4 is 15.1 Å². The molecule has 2 aliphatic rings. The van der Waals surface area contributed by atoms with Gasteiger partial charge in [0.1, 0.15) is 0 Å². The summed E-state index contributed by atoms with van der Waals surface area (Å²) in [5, 5.41) is 2.92. The van der Waals surface area contributed by atoms with Crippen LogP contribution in [0.25, 0.3) is 0 Å². The van der Waals surface area contributed by atoms with Crippen molar-refractivity contribution in [1.82, 2.24) is 4.90 Å². The van der Waals surface area contributed by atoms with E-state index in [1.807, 2.05) is 4.90 Å². The molecule has 6 nitrogen and oxygen atoms in total. The summed E-state index contributed by atoms with van der Waals surface area (Å²) < 4.78 is 0. The van der Waals surface area contributed by atoms with Crippen molar-refractivity contribution in [3.63, 3.8) is 0 Å². The van der Waals surface area contributed by atoms with E-state index in [9.17, 15) is 9.59 Å². The number of nitrogens with zero attached hydrogens (tertiary/aromatic N) is 3. The van der Waals surface area contributed by atoms with Crippen LogP contribution in [0.4, 0.5) is 21.9 Å². The van der Waals surface area contributed by atoms with Gasteiger partial charge in [0, 0.05) is 61.9 Å². The van der Waals surface area contributed by atoms with E-state index in [0.717, 1.165) is 26.2 Å². The maximum atomic E-state index is 12.5. The van der Waals surface area contributed by atoms with Gasteiger partial charge in [-0.1, -0.05) is 0 Å². The highest BCUT2D eigenvalue weighted by atomic mass is 16.2. The van der Waals surface area contributed by atoms with E-state index in [-0.39, 0.29) is 11.8 Å². The summed E-state index contributed by atoms with van der Waals surface area (Å²) in [4.78, 5) is 30.5. The minimum atomic E-state index is -0.0930. The minimum absolute atomic E-state index is 0.0208. The number of ketones is 1. The highest BCUT2D eigenvalue weighted by Crippen LogP contribution is 2.24. The highest BCUT2D eigenvalue weighted by molar-refractivity contribution is 5.95. The van der Waals surface area contributed by atoms with Gasteiger partial charge >= 0.3 is 6.03 Å². The van der Waals surface area contributed by atoms with Crippen molar-refractivity contribution in [2.45, 2.75) is 19.8 Å². The van der Waals surface area contributed by atoms with Crippen LogP contribution in [0, 0.1) is 0 Å². The summed E-state index contributed by atoms with van der Waals surface area (Å²) in [6.45, 7) is 6.86. The largest absolute Gasteiger partial charge is 0.372 e. The summed E-state index contributed by atoms with van der Waals surface area (Å²) in [5.74, 6) is 0.0208. The topological polar surface area (TPSA) is 55.9 Å². The van der Waals surface area contributed by atoms with E-state index >= 15 is 0 Å². The summed E-state index contributed by atoms with van der Waals surface area (Å²) in [6.07, 6.45) is 2.57. The van der Waals surface area contributed by atoms with Crippen LogP contribution in [0.1, 0.15) is 30.1 Å². The predicted molar refractivity (Wildman–Crippen MR) is 117 cm³/mol. The van der Waals surface area contributed by atoms with Crippen molar-refractivity contribution in [2.24, 2.45) is 0 Å². The van der Waals surface area contributed by atoms with E-state index < -0.39 is 0 Å². The maximum Gasteiger partial charge on any atom is 0.321 e. The second kappa shape index (κ2) is 8.55. The van der Waals surface area contributed by atoms with E-state index in [1.54, 1.807) is 24.3 Å². The summed E-state index contributed by atoms with van der Waals surface area (Å²) in [6, 6.07) is 15.7. The Morgan fingerprint density at radius 1 is 0.724 bits per heavy atom. The van der Waals surface area contributed by atoms with Crippen molar-refractivity contribution in [3.05, 3.63) is 54.1 Å². The molecule has 0 unspecified atom stereocenters.